The molecule has 3 rings (SSSR count). The first kappa shape index (κ1) is 17.6. The topological polar surface area (TPSA) is 84.1 Å². The van der Waals surface area contributed by atoms with Crippen molar-refractivity contribution in [2.75, 3.05) is 13.7 Å². The van der Waals surface area contributed by atoms with E-state index >= 15 is 0 Å². The van der Waals surface area contributed by atoms with E-state index in [9.17, 15) is 14.0 Å². The molecule has 1 heterocycles. The van der Waals surface area contributed by atoms with Gasteiger partial charge in [0, 0.05) is 5.56 Å². The first-order chi connectivity index (χ1) is 12.4. The van der Waals surface area contributed by atoms with E-state index in [0.717, 1.165) is 11.1 Å². The number of fused-ring (bicyclic) bond motifs is 1. The van der Waals surface area contributed by atoms with Crippen LogP contribution in [0.4, 0.5) is 4.39 Å². The molecule has 0 fully saturated rings. The molecular weight excluding hydrogens is 337 g/mol. The zero-order chi connectivity index (χ0) is 18.8. The molecule has 0 saturated heterocycles. The van der Waals surface area contributed by atoms with Gasteiger partial charge in [-0.05, 0) is 49.7 Å². The van der Waals surface area contributed by atoms with Crippen LogP contribution in [0.15, 0.2) is 30.3 Å². The number of Topliss-reactive ketones (excluding diaryl/α,β-unsaturated/α-hetero) is 1. The highest BCUT2D eigenvalue weighted by molar-refractivity contribution is 6.06. The van der Waals surface area contributed by atoms with Crippen LogP contribution in [0.5, 0.6) is 5.75 Å². The minimum Gasteiger partial charge on any atom is -0.494 e. The lowest BCUT2D eigenvalue weighted by atomic mass is 10.1. The molecule has 0 saturated carbocycles. The molecule has 0 bridgehead atoms. The van der Waals surface area contributed by atoms with Crippen LogP contribution < -0.4 is 10.1 Å². The Hall–Kier alpha value is -3.22. The van der Waals surface area contributed by atoms with Gasteiger partial charge in [0.15, 0.2) is 11.5 Å². The number of aryl methyl sites for hydroxylation is 2. The van der Waals surface area contributed by atoms with Crippen molar-refractivity contribution in [1.29, 1.82) is 0 Å². The number of methoxy groups -OCH3 is 1. The van der Waals surface area contributed by atoms with Crippen LogP contribution in [0.2, 0.25) is 0 Å². The zero-order valence-electron chi connectivity index (χ0n) is 14.6. The maximum atomic E-state index is 12.9. The summed E-state index contributed by atoms with van der Waals surface area (Å²) in [6, 6.07) is 6.85. The van der Waals surface area contributed by atoms with Crippen molar-refractivity contribution in [2.45, 2.75) is 13.8 Å². The second-order valence-corrected chi connectivity index (χ2v) is 5.93. The number of nitrogens with zero attached hydrogens (tertiary/aromatic N) is 1. The number of hydrogen-bond acceptors (Lipinski definition) is 4. The number of aromatic nitrogens is 2. The number of ketones is 1. The summed E-state index contributed by atoms with van der Waals surface area (Å²) in [6.07, 6.45) is 0. The van der Waals surface area contributed by atoms with Crippen molar-refractivity contribution in [3.05, 3.63) is 58.7 Å². The highest BCUT2D eigenvalue weighted by Gasteiger charge is 2.20. The number of rotatable bonds is 5. The number of amides is 1. The molecule has 2 N–H and O–H groups in total. The number of nitrogens with one attached hydrogen (secondary N) is 2. The molecule has 0 unspecified atom stereocenters. The Labute approximate surface area is 149 Å². The number of carbonyl (C=O) groups is 2. The summed E-state index contributed by atoms with van der Waals surface area (Å²) in [7, 11) is 1.47. The number of aromatic amines is 1. The van der Waals surface area contributed by atoms with Gasteiger partial charge in [0.05, 0.1) is 24.7 Å². The van der Waals surface area contributed by atoms with E-state index in [0.29, 0.717) is 28.2 Å². The number of H-pyrrole nitrogens is 1. The van der Waals surface area contributed by atoms with Gasteiger partial charge in [0.1, 0.15) is 17.2 Å². The molecule has 2 aromatic carbocycles. The predicted octanol–water partition coefficient (Wildman–Crippen LogP) is 2.94. The van der Waals surface area contributed by atoms with Crippen LogP contribution in [-0.4, -0.2) is 35.3 Å². The second kappa shape index (κ2) is 6.95. The lowest BCUT2D eigenvalue weighted by molar-refractivity contribution is 0.0902. The predicted molar refractivity (Wildman–Crippen MR) is 95.2 cm³/mol. The van der Waals surface area contributed by atoms with E-state index in [1.165, 1.54) is 31.4 Å². The van der Waals surface area contributed by atoms with Gasteiger partial charge in [-0.2, -0.15) is 0 Å². The van der Waals surface area contributed by atoms with Crippen molar-refractivity contribution < 1.29 is 18.7 Å². The van der Waals surface area contributed by atoms with Crippen LogP contribution in [0.1, 0.15) is 32.1 Å². The zero-order valence-corrected chi connectivity index (χ0v) is 14.6. The summed E-state index contributed by atoms with van der Waals surface area (Å²) in [4.78, 5) is 32.2. The Bertz CT molecular complexity index is 993. The van der Waals surface area contributed by atoms with Gasteiger partial charge < -0.3 is 15.0 Å². The van der Waals surface area contributed by atoms with Crippen LogP contribution in [-0.2, 0) is 0 Å². The first-order valence-corrected chi connectivity index (χ1v) is 8.01. The highest BCUT2D eigenvalue weighted by atomic mass is 19.1. The van der Waals surface area contributed by atoms with Gasteiger partial charge in [0.25, 0.3) is 5.91 Å². The third kappa shape index (κ3) is 3.28. The molecule has 0 radical (unpaired) electrons. The lowest BCUT2D eigenvalue weighted by Crippen LogP contribution is -2.30. The Morgan fingerprint density at radius 2 is 1.92 bits per heavy atom. The summed E-state index contributed by atoms with van der Waals surface area (Å²) >= 11 is 0. The number of ether oxygens (including phenoxy) is 1. The summed E-state index contributed by atoms with van der Waals surface area (Å²) in [5.41, 5.74) is 2.83. The van der Waals surface area contributed by atoms with E-state index < -0.39 is 11.7 Å². The Balaban J connectivity index is 1.83. The number of benzene rings is 2. The first-order valence-electron chi connectivity index (χ1n) is 8.01. The van der Waals surface area contributed by atoms with Gasteiger partial charge in [-0.25, -0.2) is 9.37 Å². The second-order valence-electron chi connectivity index (χ2n) is 5.93. The fourth-order valence-corrected chi connectivity index (χ4v) is 2.80. The van der Waals surface area contributed by atoms with Crippen LogP contribution in [0, 0.1) is 19.7 Å². The summed E-state index contributed by atoms with van der Waals surface area (Å²) in [5, 5.41) is 2.59. The molecule has 1 amide bonds. The van der Waals surface area contributed by atoms with Crippen molar-refractivity contribution in [2.24, 2.45) is 0 Å². The highest BCUT2D eigenvalue weighted by Crippen LogP contribution is 2.30. The molecule has 0 aliphatic rings. The standard InChI is InChI=1S/C19H18FN3O3/c1-10-8-14(18(26-3)17-16(10)22-11(2)23-17)19(25)21-9-15(24)12-4-6-13(20)7-5-12/h4-8H,9H2,1-3H3,(H,21,25)(H,22,23). The fourth-order valence-electron chi connectivity index (χ4n) is 2.80. The molecule has 26 heavy (non-hydrogen) atoms. The van der Waals surface area contributed by atoms with Crippen LogP contribution in [0.25, 0.3) is 11.0 Å². The maximum Gasteiger partial charge on any atom is 0.255 e. The minimum atomic E-state index is -0.436. The Kier molecular flexibility index (Phi) is 4.71. The van der Waals surface area contributed by atoms with Gasteiger partial charge in [0.2, 0.25) is 0 Å². The molecule has 0 aliphatic heterocycles. The quantitative estimate of drug-likeness (QED) is 0.689. The smallest absolute Gasteiger partial charge is 0.255 e. The Morgan fingerprint density at radius 1 is 1.23 bits per heavy atom. The lowest BCUT2D eigenvalue weighted by Gasteiger charge is -2.11. The molecule has 0 atom stereocenters. The van der Waals surface area contributed by atoms with E-state index in [1.807, 2.05) is 13.8 Å². The monoisotopic (exact) mass is 355 g/mol. The average molecular weight is 355 g/mol. The largest absolute Gasteiger partial charge is 0.494 e. The average Bonchev–Trinajstić information content (AvgIpc) is 3.02. The van der Waals surface area contributed by atoms with Gasteiger partial charge >= 0.3 is 0 Å². The third-order valence-electron chi connectivity index (χ3n) is 4.05. The molecule has 0 spiro atoms. The molecule has 7 heteroatoms. The SMILES string of the molecule is COc1c(C(=O)NCC(=O)c2ccc(F)cc2)cc(C)c2nc(C)[nH]c12. The minimum absolute atomic E-state index is 0.202. The van der Waals surface area contributed by atoms with E-state index in [2.05, 4.69) is 15.3 Å². The Morgan fingerprint density at radius 3 is 2.58 bits per heavy atom. The summed E-state index contributed by atoms with van der Waals surface area (Å²) in [6.45, 7) is 3.47. The fraction of sp³-hybridized carbons (Fsp3) is 0.211. The van der Waals surface area contributed by atoms with Crippen molar-refractivity contribution in [3.8, 4) is 5.75 Å². The van der Waals surface area contributed by atoms with E-state index in [-0.39, 0.29) is 12.3 Å². The molecular formula is C19H18FN3O3. The van der Waals surface area contributed by atoms with Crippen LogP contribution in [0.3, 0.4) is 0 Å². The van der Waals surface area contributed by atoms with E-state index in [1.54, 1.807) is 6.07 Å². The molecule has 6 nitrogen and oxygen atoms in total. The summed E-state index contributed by atoms with van der Waals surface area (Å²) < 4.78 is 18.3. The molecule has 1 aromatic heterocycles. The van der Waals surface area contributed by atoms with Gasteiger partial charge in [-0.3, -0.25) is 9.59 Å². The number of halogens is 1. The van der Waals surface area contributed by atoms with Crippen molar-refractivity contribution in [1.82, 2.24) is 15.3 Å². The van der Waals surface area contributed by atoms with Gasteiger partial charge in [-0.15, -0.1) is 0 Å². The number of carbonyl (C=O) groups excluding carboxylic acids is 2. The molecule has 3 aromatic rings. The maximum absolute atomic E-state index is 12.9. The summed E-state index contributed by atoms with van der Waals surface area (Å²) in [5.74, 6) is -0.0839. The van der Waals surface area contributed by atoms with E-state index in [4.69, 9.17) is 4.74 Å². The third-order valence-corrected chi connectivity index (χ3v) is 4.05. The number of imidazole rings is 1. The van der Waals surface area contributed by atoms with Crippen molar-refractivity contribution in [3.63, 3.8) is 0 Å². The normalized spacial score (nSPS) is 10.8. The van der Waals surface area contributed by atoms with Gasteiger partial charge in [-0.1, -0.05) is 0 Å². The molecule has 0 aliphatic carbocycles. The number of hydrogen-bond donors (Lipinski definition) is 2. The van der Waals surface area contributed by atoms with Crippen LogP contribution >= 0.6 is 0 Å². The molecule has 134 valence electrons. The van der Waals surface area contributed by atoms with Crippen molar-refractivity contribution >= 4 is 22.7 Å².